The van der Waals surface area contributed by atoms with Crippen molar-refractivity contribution in [2.24, 2.45) is 10.2 Å². The maximum absolute atomic E-state index is 12.4. The molecule has 4 rings (SSSR count). The van der Waals surface area contributed by atoms with Crippen LogP contribution in [0.15, 0.2) is 70.9 Å². The highest BCUT2D eigenvalue weighted by Crippen LogP contribution is 2.36. The molecule has 0 saturated carbocycles. The molecule has 0 atom stereocenters. The minimum Gasteiger partial charge on any atom is -0.504 e. The average Bonchev–Trinajstić information content (AvgIpc) is 3.12. The third-order valence-electron chi connectivity index (χ3n) is 5.05. The molecule has 5 N–H and O–H groups in total. The zero-order valence-electron chi connectivity index (χ0n) is 17.6. The van der Waals surface area contributed by atoms with Crippen molar-refractivity contribution in [3.63, 3.8) is 0 Å². The van der Waals surface area contributed by atoms with E-state index in [1.165, 1.54) is 24.3 Å². The Hall–Kier alpha value is -3.93. The summed E-state index contributed by atoms with van der Waals surface area (Å²) in [5.41, 5.74) is 2.37. The molecule has 0 unspecified atom stereocenters. The summed E-state index contributed by atoms with van der Waals surface area (Å²) < 4.78 is 0.950. The lowest BCUT2D eigenvalue weighted by atomic mass is 10.1. The number of halogens is 1. The van der Waals surface area contributed by atoms with Crippen molar-refractivity contribution < 1.29 is 24.9 Å². The van der Waals surface area contributed by atoms with Crippen molar-refractivity contribution in [1.29, 1.82) is 0 Å². The van der Waals surface area contributed by atoms with E-state index in [2.05, 4.69) is 43.1 Å². The summed E-state index contributed by atoms with van der Waals surface area (Å²) in [6.45, 7) is 0. The van der Waals surface area contributed by atoms with E-state index in [0.29, 0.717) is 28.6 Å². The molecule has 9 nitrogen and oxygen atoms in total. The normalized spacial score (nSPS) is 11.2. The molecule has 0 aliphatic rings. The zero-order chi connectivity index (χ0) is 24.2. The second-order valence-corrected chi connectivity index (χ2v) is 8.71. The summed E-state index contributed by atoms with van der Waals surface area (Å²) in [5.74, 6) is -1.45. The van der Waals surface area contributed by atoms with Gasteiger partial charge in [0.05, 0.1) is 5.52 Å². The lowest BCUT2D eigenvalue weighted by molar-refractivity contribution is -0.116. The molecule has 10 heteroatoms. The van der Waals surface area contributed by atoms with Gasteiger partial charge < -0.3 is 25.6 Å². The molecule has 0 saturated heterocycles. The van der Waals surface area contributed by atoms with Crippen LogP contribution < -0.4 is 5.32 Å². The van der Waals surface area contributed by atoms with Gasteiger partial charge in [0.25, 0.3) is 5.91 Å². The lowest BCUT2D eigenvalue weighted by Gasteiger charge is -2.06. The number of rotatable bonds is 6. The Morgan fingerprint density at radius 2 is 1.71 bits per heavy atom. The van der Waals surface area contributed by atoms with Crippen LogP contribution in [0.2, 0.25) is 0 Å². The molecule has 0 spiro atoms. The Labute approximate surface area is 207 Å². The number of aromatic nitrogens is 1. The number of phenolic OH excluding ortho intramolecular Hbond substituents is 2. The van der Waals surface area contributed by atoms with Crippen LogP contribution in [0.3, 0.4) is 0 Å². The largest absolute Gasteiger partial charge is 0.504 e. The van der Waals surface area contributed by atoms with Gasteiger partial charge in [-0.25, -0.2) is 0 Å². The van der Waals surface area contributed by atoms with Gasteiger partial charge in [-0.15, -0.1) is 10.2 Å². The molecule has 2 amide bonds. The third-order valence-corrected chi connectivity index (χ3v) is 5.72. The number of anilines is 1. The van der Waals surface area contributed by atoms with Gasteiger partial charge in [-0.2, -0.15) is 0 Å². The predicted molar refractivity (Wildman–Crippen MR) is 135 cm³/mol. The summed E-state index contributed by atoms with van der Waals surface area (Å²) >= 11 is 2.14. The fourth-order valence-corrected chi connectivity index (χ4v) is 3.78. The molecule has 0 aliphatic heterocycles. The van der Waals surface area contributed by atoms with Crippen LogP contribution in [0.4, 0.5) is 11.4 Å². The number of carbonyl (C=O) groups is 2. The number of aromatic amines is 1. The van der Waals surface area contributed by atoms with E-state index in [1.54, 1.807) is 24.3 Å². The number of fused-ring (bicyclic) bond motifs is 1. The molecule has 172 valence electrons. The smallest absolute Gasteiger partial charge is 0.295 e. The van der Waals surface area contributed by atoms with Crippen molar-refractivity contribution >= 4 is 56.7 Å². The highest BCUT2D eigenvalue weighted by atomic mass is 127. The molecule has 0 fully saturated rings. The van der Waals surface area contributed by atoms with Gasteiger partial charge in [-0.1, -0.05) is 6.07 Å². The summed E-state index contributed by atoms with van der Waals surface area (Å²) in [4.78, 5) is 27.4. The van der Waals surface area contributed by atoms with Crippen molar-refractivity contribution in [1.82, 2.24) is 4.98 Å². The number of nitrogens with one attached hydrogen (secondary N) is 2. The van der Waals surface area contributed by atoms with E-state index in [4.69, 9.17) is 0 Å². The fourth-order valence-electron chi connectivity index (χ4n) is 3.29. The predicted octanol–water partition coefficient (Wildman–Crippen LogP) is 5.38. The van der Waals surface area contributed by atoms with Gasteiger partial charge in [0, 0.05) is 26.6 Å². The first-order valence-electron chi connectivity index (χ1n) is 10.2. The van der Waals surface area contributed by atoms with E-state index in [1.807, 2.05) is 12.1 Å². The first-order valence-corrected chi connectivity index (χ1v) is 11.2. The molecule has 0 radical (unpaired) electrons. The minimum absolute atomic E-state index is 0.172. The first-order chi connectivity index (χ1) is 16.3. The number of nitrogens with zero attached hydrogens (tertiary/aromatic N) is 2. The maximum Gasteiger partial charge on any atom is 0.295 e. The second-order valence-electron chi connectivity index (χ2n) is 7.47. The Morgan fingerprint density at radius 1 is 0.941 bits per heavy atom. The van der Waals surface area contributed by atoms with Crippen molar-refractivity contribution in [3.05, 3.63) is 75.4 Å². The third kappa shape index (κ3) is 5.34. The first kappa shape index (κ1) is 23.2. The van der Waals surface area contributed by atoms with Gasteiger partial charge in [0.1, 0.15) is 0 Å². The van der Waals surface area contributed by atoms with E-state index in [-0.39, 0.29) is 41.0 Å². The molecule has 34 heavy (non-hydrogen) atoms. The Balaban J connectivity index is 1.37. The van der Waals surface area contributed by atoms with E-state index in [9.17, 15) is 24.9 Å². The molecule has 3 aromatic carbocycles. The lowest BCUT2D eigenvalue weighted by Crippen LogP contribution is -2.12. The van der Waals surface area contributed by atoms with E-state index in [0.717, 1.165) is 3.57 Å². The zero-order valence-corrected chi connectivity index (χ0v) is 19.8. The van der Waals surface area contributed by atoms with Crippen LogP contribution in [0, 0.1) is 3.57 Å². The number of H-pyrrole nitrogens is 1. The number of hydrogen-bond acceptors (Lipinski definition) is 6. The number of aryl methyl sites for hydroxylation is 1. The summed E-state index contributed by atoms with van der Waals surface area (Å²) in [6, 6.07) is 16.1. The number of phenols is 2. The van der Waals surface area contributed by atoms with Gasteiger partial charge in [-0.3, -0.25) is 9.59 Å². The molecule has 1 aromatic heterocycles. The molecule has 0 aliphatic carbocycles. The summed E-state index contributed by atoms with van der Waals surface area (Å²) in [6.07, 6.45) is 0.558. The fraction of sp³-hybridized carbons (Fsp3) is 0.0833. The Kier molecular flexibility index (Phi) is 6.77. The van der Waals surface area contributed by atoms with Gasteiger partial charge in [0.15, 0.2) is 17.2 Å². The summed E-state index contributed by atoms with van der Waals surface area (Å²) in [5, 5.41) is 40.0. The van der Waals surface area contributed by atoms with Crippen LogP contribution in [0.5, 0.6) is 17.4 Å². The van der Waals surface area contributed by atoms with Crippen molar-refractivity contribution in [2.45, 2.75) is 12.8 Å². The minimum atomic E-state index is -0.593. The second kappa shape index (κ2) is 9.91. The SMILES string of the molecule is O=C(CCc1ccc(O)c(O)c1)Nc1ccc(C(=O)N=Nc2c(O)[nH]c3ccc(I)cc23)cc1. The van der Waals surface area contributed by atoms with Crippen LogP contribution >= 0.6 is 22.6 Å². The van der Waals surface area contributed by atoms with Crippen LogP contribution in [-0.2, 0) is 11.2 Å². The van der Waals surface area contributed by atoms with Gasteiger partial charge in [-0.05, 0) is 89.2 Å². The van der Waals surface area contributed by atoms with Crippen LogP contribution in [-0.4, -0.2) is 32.1 Å². The van der Waals surface area contributed by atoms with Crippen LogP contribution in [0.25, 0.3) is 10.9 Å². The number of amides is 2. The maximum atomic E-state index is 12.4. The molecule has 1 heterocycles. The molecular weight excluding hydrogens is 551 g/mol. The van der Waals surface area contributed by atoms with Crippen molar-refractivity contribution in [2.75, 3.05) is 5.32 Å². The number of aromatic hydroxyl groups is 3. The van der Waals surface area contributed by atoms with Crippen molar-refractivity contribution in [3.8, 4) is 17.4 Å². The van der Waals surface area contributed by atoms with Gasteiger partial charge >= 0.3 is 0 Å². The number of hydrogen-bond donors (Lipinski definition) is 5. The Bertz CT molecular complexity index is 1410. The van der Waals surface area contributed by atoms with E-state index < -0.39 is 5.91 Å². The van der Waals surface area contributed by atoms with Crippen LogP contribution in [0.1, 0.15) is 22.3 Å². The molecule has 0 bridgehead atoms. The highest BCUT2D eigenvalue weighted by molar-refractivity contribution is 14.1. The average molecular weight is 570 g/mol. The van der Waals surface area contributed by atoms with Gasteiger partial charge in [0.2, 0.25) is 11.8 Å². The Morgan fingerprint density at radius 3 is 2.44 bits per heavy atom. The number of azo groups is 1. The standard InChI is InChI=1S/C24H19IN4O5/c25-15-5-8-18-17(12-15)22(24(34)27-18)28-29-23(33)14-3-6-16(7-4-14)26-21(32)10-2-13-1-9-19(30)20(31)11-13/h1,3-9,11-12,27,30-31,34H,2,10H2,(H,26,32). The topological polar surface area (TPSA) is 147 Å². The molecule has 4 aromatic rings. The number of benzene rings is 3. The monoisotopic (exact) mass is 570 g/mol. The quantitative estimate of drug-likeness (QED) is 0.120. The molecular formula is C24H19IN4O5. The van der Waals surface area contributed by atoms with E-state index >= 15 is 0 Å². The summed E-state index contributed by atoms with van der Waals surface area (Å²) in [7, 11) is 0. The number of carbonyl (C=O) groups excluding carboxylic acids is 2. The highest BCUT2D eigenvalue weighted by Gasteiger charge is 2.12.